The molecule has 1 aromatic carbocycles. The number of aryl methyl sites for hydroxylation is 1. The van der Waals surface area contributed by atoms with Crippen LogP contribution in [0.2, 0.25) is 0 Å². The zero-order chi connectivity index (χ0) is 20.5. The van der Waals surface area contributed by atoms with Crippen LogP contribution in [0.1, 0.15) is 37.9 Å². The zero-order valence-electron chi connectivity index (χ0n) is 16.6. The molecule has 152 valence electrons. The summed E-state index contributed by atoms with van der Waals surface area (Å²) in [5.41, 5.74) is 2.28. The van der Waals surface area contributed by atoms with Crippen molar-refractivity contribution in [3.63, 3.8) is 0 Å². The van der Waals surface area contributed by atoms with E-state index >= 15 is 0 Å². The molecule has 0 saturated heterocycles. The van der Waals surface area contributed by atoms with Crippen molar-refractivity contribution >= 4 is 46.7 Å². The van der Waals surface area contributed by atoms with E-state index in [2.05, 4.69) is 15.5 Å². The molecule has 0 radical (unpaired) electrons. The number of nitrogens with one attached hydrogen (secondary N) is 1. The van der Waals surface area contributed by atoms with Crippen LogP contribution in [0.5, 0.6) is 0 Å². The lowest BCUT2D eigenvalue weighted by Gasteiger charge is -2.17. The van der Waals surface area contributed by atoms with E-state index in [0.717, 1.165) is 19.8 Å². The number of rotatable bonds is 10. The van der Waals surface area contributed by atoms with Crippen LogP contribution in [0.4, 0.5) is 0 Å². The van der Waals surface area contributed by atoms with Gasteiger partial charge in [0.15, 0.2) is 8.68 Å². The smallest absolute Gasteiger partial charge is 0.233 e. The van der Waals surface area contributed by atoms with Crippen LogP contribution in [0.25, 0.3) is 0 Å². The number of hydrogen-bond acceptors (Lipinski definition) is 7. The number of benzene rings is 1. The summed E-state index contributed by atoms with van der Waals surface area (Å²) in [6.45, 7) is 9.38. The van der Waals surface area contributed by atoms with E-state index in [1.54, 1.807) is 4.90 Å². The molecule has 2 amide bonds. The predicted molar refractivity (Wildman–Crippen MR) is 117 cm³/mol. The lowest BCUT2D eigenvalue weighted by atomic mass is 10.0. The van der Waals surface area contributed by atoms with Gasteiger partial charge >= 0.3 is 0 Å². The van der Waals surface area contributed by atoms with Gasteiger partial charge in [0, 0.05) is 13.1 Å². The van der Waals surface area contributed by atoms with Gasteiger partial charge in [-0.1, -0.05) is 59.1 Å². The van der Waals surface area contributed by atoms with Gasteiger partial charge in [0.1, 0.15) is 0 Å². The summed E-state index contributed by atoms with van der Waals surface area (Å²) in [6, 6.07) is 8.00. The fourth-order valence-electron chi connectivity index (χ4n) is 2.67. The molecule has 6 nitrogen and oxygen atoms in total. The maximum Gasteiger partial charge on any atom is 0.233 e. The second-order valence-electron chi connectivity index (χ2n) is 6.12. The molecule has 1 atom stereocenters. The standard InChI is InChI=1S/C19H26N4O2S3/c1-5-23(6-2)17(25)12-27-19-22-21-18(28-19)26-11-16(24)20-14(4)15-10-8-7-9-13(15)3/h7-10,14H,5-6,11-12H2,1-4H3,(H,20,24)/t14-/m1/s1. The van der Waals surface area contributed by atoms with Crippen LogP contribution in [-0.4, -0.2) is 51.5 Å². The molecule has 0 fully saturated rings. The van der Waals surface area contributed by atoms with Crippen molar-refractivity contribution < 1.29 is 9.59 Å². The summed E-state index contributed by atoms with van der Waals surface area (Å²) in [5, 5.41) is 11.2. The molecule has 0 bridgehead atoms. The van der Waals surface area contributed by atoms with E-state index in [-0.39, 0.29) is 23.6 Å². The first-order valence-electron chi connectivity index (χ1n) is 9.16. The minimum Gasteiger partial charge on any atom is -0.349 e. The third-order valence-corrected chi connectivity index (χ3v) is 7.36. The summed E-state index contributed by atoms with van der Waals surface area (Å²) in [5.74, 6) is 0.703. The highest BCUT2D eigenvalue weighted by Gasteiger charge is 2.15. The van der Waals surface area contributed by atoms with Crippen LogP contribution >= 0.6 is 34.9 Å². The molecule has 0 aliphatic rings. The van der Waals surface area contributed by atoms with E-state index in [1.807, 2.05) is 52.0 Å². The molecule has 0 unspecified atom stereocenters. The second-order valence-corrected chi connectivity index (χ2v) is 9.55. The first-order valence-corrected chi connectivity index (χ1v) is 11.9. The Balaban J connectivity index is 1.78. The Hall–Kier alpha value is -1.58. The van der Waals surface area contributed by atoms with Crippen LogP contribution in [0, 0.1) is 6.92 Å². The molecular formula is C19H26N4O2S3. The van der Waals surface area contributed by atoms with Gasteiger partial charge in [-0.25, -0.2) is 0 Å². The van der Waals surface area contributed by atoms with Crippen molar-refractivity contribution in [1.82, 2.24) is 20.4 Å². The van der Waals surface area contributed by atoms with E-state index in [4.69, 9.17) is 0 Å². The fraction of sp³-hybridized carbons (Fsp3) is 0.474. The van der Waals surface area contributed by atoms with Crippen LogP contribution in [0.3, 0.4) is 0 Å². The summed E-state index contributed by atoms with van der Waals surface area (Å²) in [6.07, 6.45) is 0. The lowest BCUT2D eigenvalue weighted by molar-refractivity contribution is -0.128. The number of thioether (sulfide) groups is 2. The number of hydrogen-bond donors (Lipinski definition) is 1. The first kappa shape index (κ1) is 22.7. The quantitative estimate of drug-likeness (QED) is 0.569. The monoisotopic (exact) mass is 438 g/mol. The summed E-state index contributed by atoms with van der Waals surface area (Å²) < 4.78 is 1.48. The predicted octanol–water partition coefficient (Wildman–Crippen LogP) is 3.78. The third-order valence-electron chi connectivity index (χ3n) is 4.18. The van der Waals surface area contributed by atoms with Crippen LogP contribution < -0.4 is 5.32 Å². The number of aromatic nitrogens is 2. The zero-order valence-corrected chi connectivity index (χ0v) is 19.0. The summed E-state index contributed by atoms with van der Waals surface area (Å²) >= 11 is 4.17. The van der Waals surface area contributed by atoms with Gasteiger partial charge in [-0.05, 0) is 38.8 Å². The van der Waals surface area contributed by atoms with Crippen molar-refractivity contribution in [2.24, 2.45) is 0 Å². The Kier molecular flexibility index (Phi) is 9.27. The van der Waals surface area contributed by atoms with Crippen LogP contribution in [0.15, 0.2) is 32.9 Å². The molecule has 0 spiro atoms. The Morgan fingerprint density at radius 3 is 2.32 bits per heavy atom. The Labute approximate surface area is 178 Å². The lowest BCUT2D eigenvalue weighted by Crippen LogP contribution is -2.31. The largest absolute Gasteiger partial charge is 0.349 e. The van der Waals surface area contributed by atoms with Crippen LogP contribution in [-0.2, 0) is 9.59 Å². The molecule has 9 heteroatoms. The summed E-state index contributed by atoms with van der Waals surface area (Å²) in [4.78, 5) is 26.1. The average molecular weight is 439 g/mol. The van der Waals surface area contributed by atoms with Crippen molar-refractivity contribution in [2.75, 3.05) is 24.6 Å². The minimum atomic E-state index is -0.0408. The molecule has 1 heterocycles. The van der Waals surface area contributed by atoms with Gasteiger partial charge in [0.25, 0.3) is 0 Å². The molecule has 0 aliphatic carbocycles. The Morgan fingerprint density at radius 2 is 1.71 bits per heavy atom. The van der Waals surface area contributed by atoms with E-state index in [9.17, 15) is 9.59 Å². The summed E-state index contributed by atoms with van der Waals surface area (Å²) in [7, 11) is 0. The highest BCUT2D eigenvalue weighted by atomic mass is 32.2. The van der Waals surface area contributed by atoms with Gasteiger partial charge < -0.3 is 10.2 Å². The van der Waals surface area contributed by atoms with Gasteiger partial charge in [-0.3, -0.25) is 9.59 Å². The number of carbonyl (C=O) groups excluding carboxylic acids is 2. The van der Waals surface area contributed by atoms with Crippen molar-refractivity contribution in [1.29, 1.82) is 0 Å². The van der Waals surface area contributed by atoms with Crippen molar-refractivity contribution in [3.05, 3.63) is 35.4 Å². The molecule has 0 aliphatic heterocycles. The van der Waals surface area contributed by atoms with E-state index in [1.165, 1.54) is 34.9 Å². The topological polar surface area (TPSA) is 75.2 Å². The highest BCUT2D eigenvalue weighted by Crippen LogP contribution is 2.29. The number of amides is 2. The molecule has 1 aromatic heterocycles. The Morgan fingerprint density at radius 1 is 1.11 bits per heavy atom. The first-order chi connectivity index (χ1) is 13.4. The third kappa shape index (κ3) is 6.79. The van der Waals surface area contributed by atoms with Gasteiger partial charge in [0.05, 0.1) is 17.5 Å². The van der Waals surface area contributed by atoms with E-state index < -0.39 is 0 Å². The number of nitrogens with zero attached hydrogens (tertiary/aromatic N) is 3. The van der Waals surface area contributed by atoms with Gasteiger partial charge in [-0.15, -0.1) is 10.2 Å². The normalized spacial score (nSPS) is 11.9. The van der Waals surface area contributed by atoms with Gasteiger partial charge in [-0.2, -0.15) is 0 Å². The number of carbonyl (C=O) groups is 2. The Bertz CT molecular complexity index is 793. The maximum absolute atomic E-state index is 12.2. The molecular weight excluding hydrogens is 412 g/mol. The van der Waals surface area contributed by atoms with Gasteiger partial charge in [0.2, 0.25) is 11.8 Å². The second kappa shape index (κ2) is 11.4. The molecule has 2 rings (SSSR count). The molecule has 1 N–H and O–H groups in total. The van der Waals surface area contributed by atoms with E-state index in [0.29, 0.717) is 18.8 Å². The molecule has 2 aromatic rings. The molecule has 0 saturated carbocycles. The van der Waals surface area contributed by atoms with Crippen molar-refractivity contribution in [2.45, 2.75) is 42.4 Å². The highest BCUT2D eigenvalue weighted by molar-refractivity contribution is 8.03. The van der Waals surface area contributed by atoms with Crippen molar-refractivity contribution in [3.8, 4) is 0 Å². The minimum absolute atomic E-state index is 0.0399. The fourth-order valence-corrected chi connectivity index (χ4v) is 5.40. The SMILES string of the molecule is CCN(CC)C(=O)CSc1nnc(SCC(=O)N[C@H](C)c2ccccc2C)s1. The maximum atomic E-state index is 12.2. The molecule has 28 heavy (non-hydrogen) atoms. The average Bonchev–Trinajstić information content (AvgIpc) is 3.14.